The van der Waals surface area contributed by atoms with Gasteiger partial charge in [-0.15, -0.1) is 0 Å². The molecule has 2 aliphatic rings. The van der Waals surface area contributed by atoms with Gasteiger partial charge in [0.1, 0.15) is 10.6 Å². The van der Waals surface area contributed by atoms with Crippen molar-refractivity contribution in [2.45, 2.75) is 31.6 Å². The van der Waals surface area contributed by atoms with Crippen LogP contribution in [0.25, 0.3) is 0 Å². The van der Waals surface area contributed by atoms with Crippen molar-refractivity contribution in [2.75, 3.05) is 52.5 Å². The average Bonchev–Trinajstić information content (AvgIpc) is 3.01. The van der Waals surface area contributed by atoms with Crippen molar-refractivity contribution in [2.24, 2.45) is 5.92 Å². The Morgan fingerprint density at radius 3 is 2.44 bits per heavy atom. The molecule has 9 nitrogen and oxygen atoms in total. The highest BCUT2D eigenvalue weighted by Gasteiger charge is 2.35. The van der Waals surface area contributed by atoms with Crippen molar-refractivity contribution < 1.29 is 22.5 Å². The fourth-order valence-electron chi connectivity index (χ4n) is 3.64. The maximum Gasteiger partial charge on any atom is 0.248 e. The number of rotatable bonds is 6. The lowest BCUT2D eigenvalue weighted by atomic mass is 9.97. The summed E-state index contributed by atoms with van der Waals surface area (Å²) in [5, 5.41) is 6.72. The number of carbonyl (C=O) groups is 1. The Hall–Kier alpha value is -1.49. The van der Waals surface area contributed by atoms with Gasteiger partial charge in [-0.3, -0.25) is 9.69 Å². The van der Waals surface area contributed by atoms with E-state index in [1.807, 2.05) is 0 Å². The van der Waals surface area contributed by atoms with Gasteiger partial charge in [-0.2, -0.15) is 4.31 Å². The minimum Gasteiger partial charge on any atom is -0.379 e. The summed E-state index contributed by atoms with van der Waals surface area (Å²) in [5.41, 5.74) is 0.371. The molecule has 1 aromatic heterocycles. The zero-order valence-corrected chi connectivity index (χ0v) is 16.8. The second-order valence-electron chi connectivity index (χ2n) is 7.08. The topological polar surface area (TPSA) is 105 Å². The van der Waals surface area contributed by atoms with Crippen LogP contribution in [-0.4, -0.2) is 81.2 Å². The maximum absolute atomic E-state index is 12.8. The lowest BCUT2D eigenvalue weighted by molar-refractivity contribution is -0.126. The first-order valence-electron chi connectivity index (χ1n) is 9.40. The molecule has 3 heterocycles. The van der Waals surface area contributed by atoms with Gasteiger partial charge in [0, 0.05) is 45.2 Å². The minimum atomic E-state index is -3.63. The molecule has 10 heteroatoms. The Balaban J connectivity index is 1.47. The van der Waals surface area contributed by atoms with Gasteiger partial charge in [-0.05, 0) is 26.7 Å². The van der Waals surface area contributed by atoms with Crippen LogP contribution in [0.1, 0.15) is 24.3 Å². The Labute approximate surface area is 160 Å². The van der Waals surface area contributed by atoms with Gasteiger partial charge in [-0.25, -0.2) is 8.42 Å². The van der Waals surface area contributed by atoms with Crippen molar-refractivity contribution >= 4 is 15.9 Å². The quantitative estimate of drug-likeness (QED) is 0.724. The molecule has 2 fully saturated rings. The fourth-order valence-corrected chi connectivity index (χ4v) is 5.40. The molecule has 3 rings (SSSR count). The molecule has 0 spiro atoms. The van der Waals surface area contributed by atoms with Crippen molar-refractivity contribution in [1.29, 1.82) is 0 Å². The number of nitrogens with one attached hydrogen (secondary N) is 1. The second kappa shape index (κ2) is 8.68. The summed E-state index contributed by atoms with van der Waals surface area (Å²) in [6.07, 6.45) is 1.04. The van der Waals surface area contributed by atoms with Gasteiger partial charge in [0.15, 0.2) is 5.76 Å². The summed E-state index contributed by atoms with van der Waals surface area (Å²) in [7, 11) is -3.63. The predicted molar refractivity (Wildman–Crippen MR) is 97.7 cm³/mol. The Bertz CT molecular complexity index is 730. The van der Waals surface area contributed by atoms with Crippen LogP contribution in [0, 0.1) is 19.8 Å². The fraction of sp³-hybridized carbons (Fsp3) is 0.765. The predicted octanol–water partition coefficient (Wildman–Crippen LogP) is 0.141. The molecule has 0 bridgehead atoms. The molecule has 0 radical (unpaired) electrons. The zero-order valence-electron chi connectivity index (χ0n) is 15.9. The number of hydrogen-bond acceptors (Lipinski definition) is 7. The van der Waals surface area contributed by atoms with E-state index in [0.717, 1.165) is 32.8 Å². The highest BCUT2D eigenvalue weighted by Crippen LogP contribution is 2.27. The van der Waals surface area contributed by atoms with Crippen LogP contribution < -0.4 is 5.32 Å². The molecule has 0 aliphatic carbocycles. The number of aromatic nitrogens is 1. The van der Waals surface area contributed by atoms with E-state index < -0.39 is 10.0 Å². The molecule has 152 valence electrons. The number of morpholine rings is 1. The van der Waals surface area contributed by atoms with E-state index in [2.05, 4.69) is 15.4 Å². The number of piperidine rings is 1. The van der Waals surface area contributed by atoms with Crippen LogP contribution in [0.3, 0.4) is 0 Å². The molecular formula is C17H28N4O5S. The van der Waals surface area contributed by atoms with Crippen LogP contribution in [0.5, 0.6) is 0 Å². The molecule has 27 heavy (non-hydrogen) atoms. The minimum absolute atomic E-state index is 0.0117. The van der Waals surface area contributed by atoms with E-state index >= 15 is 0 Å². The molecular weight excluding hydrogens is 372 g/mol. The maximum atomic E-state index is 12.8. The van der Waals surface area contributed by atoms with E-state index in [9.17, 15) is 13.2 Å². The molecule has 0 unspecified atom stereocenters. The standard InChI is InChI=1S/C17H28N4O5S/c1-13-16(14(2)26-19-13)27(23,24)21-6-3-15(4-7-21)17(22)18-5-8-20-9-11-25-12-10-20/h15H,3-12H2,1-2H3,(H,18,22). The molecule has 2 aliphatic heterocycles. The van der Waals surface area contributed by atoms with E-state index in [0.29, 0.717) is 43.9 Å². The molecule has 2 saturated heterocycles. The van der Waals surface area contributed by atoms with Gasteiger partial charge in [0.2, 0.25) is 15.9 Å². The van der Waals surface area contributed by atoms with Crippen molar-refractivity contribution in [3.63, 3.8) is 0 Å². The smallest absolute Gasteiger partial charge is 0.248 e. The summed E-state index contributed by atoms with van der Waals surface area (Å²) in [5.74, 6) is 0.166. The monoisotopic (exact) mass is 400 g/mol. The van der Waals surface area contributed by atoms with E-state index in [4.69, 9.17) is 9.26 Å². The lowest BCUT2D eigenvalue weighted by Crippen LogP contribution is -2.45. The third-order valence-corrected chi connectivity index (χ3v) is 7.37. The van der Waals surface area contributed by atoms with Gasteiger partial charge < -0.3 is 14.6 Å². The number of sulfonamides is 1. The highest BCUT2D eigenvalue weighted by atomic mass is 32.2. The van der Waals surface area contributed by atoms with Crippen molar-refractivity contribution in [1.82, 2.24) is 19.7 Å². The molecule has 1 N–H and O–H groups in total. The number of carbonyl (C=O) groups excluding carboxylic acids is 1. The second-order valence-corrected chi connectivity index (χ2v) is 8.95. The number of hydrogen-bond donors (Lipinski definition) is 1. The molecule has 1 amide bonds. The summed E-state index contributed by atoms with van der Waals surface area (Å²) in [4.78, 5) is 14.8. The van der Waals surface area contributed by atoms with Crippen LogP contribution in [0.4, 0.5) is 0 Å². The Kier molecular flexibility index (Phi) is 6.51. The van der Waals surface area contributed by atoms with Crippen LogP contribution in [0.15, 0.2) is 9.42 Å². The van der Waals surface area contributed by atoms with Crippen molar-refractivity contribution in [3.8, 4) is 0 Å². The first-order chi connectivity index (χ1) is 12.9. The van der Waals surface area contributed by atoms with Gasteiger partial charge in [0.05, 0.1) is 13.2 Å². The molecule has 0 atom stereocenters. The average molecular weight is 401 g/mol. The molecule has 1 aromatic rings. The molecule has 0 saturated carbocycles. The Morgan fingerprint density at radius 2 is 1.85 bits per heavy atom. The van der Waals surface area contributed by atoms with Gasteiger partial charge in [-0.1, -0.05) is 5.16 Å². The summed E-state index contributed by atoms with van der Waals surface area (Å²) in [6.45, 7) is 8.58. The largest absolute Gasteiger partial charge is 0.379 e. The summed E-state index contributed by atoms with van der Waals surface area (Å²) in [6, 6.07) is 0. The third-order valence-electron chi connectivity index (χ3n) is 5.22. The summed E-state index contributed by atoms with van der Waals surface area (Å²) >= 11 is 0. The Morgan fingerprint density at radius 1 is 1.19 bits per heavy atom. The number of amides is 1. The van der Waals surface area contributed by atoms with Gasteiger partial charge >= 0.3 is 0 Å². The lowest BCUT2D eigenvalue weighted by Gasteiger charge is -2.31. The van der Waals surface area contributed by atoms with Crippen LogP contribution in [0.2, 0.25) is 0 Å². The number of nitrogens with zero attached hydrogens (tertiary/aromatic N) is 3. The number of ether oxygens (including phenoxy) is 1. The van der Waals surface area contributed by atoms with Crippen LogP contribution in [-0.2, 0) is 19.6 Å². The third kappa shape index (κ3) is 4.68. The normalized spacial score (nSPS) is 20.7. The first kappa shape index (κ1) is 20.2. The van der Waals surface area contributed by atoms with E-state index in [1.54, 1.807) is 13.8 Å². The van der Waals surface area contributed by atoms with E-state index in [1.165, 1.54) is 4.31 Å². The van der Waals surface area contributed by atoms with Gasteiger partial charge in [0.25, 0.3) is 0 Å². The highest BCUT2D eigenvalue weighted by molar-refractivity contribution is 7.89. The zero-order chi connectivity index (χ0) is 19.4. The first-order valence-corrected chi connectivity index (χ1v) is 10.8. The molecule has 0 aromatic carbocycles. The SMILES string of the molecule is Cc1noc(C)c1S(=O)(=O)N1CCC(C(=O)NCCN2CCOCC2)CC1. The number of aryl methyl sites for hydroxylation is 2. The summed E-state index contributed by atoms with van der Waals surface area (Å²) < 4.78 is 37.4. The van der Waals surface area contributed by atoms with Crippen molar-refractivity contribution in [3.05, 3.63) is 11.5 Å². The van der Waals surface area contributed by atoms with Crippen LogP contribution >= 0.6 is 0 Å². The van der Waals surface area contributed by atoms with E-state index in [-0.39, 0.29) is 16.7 Å².